The van der Waals surface area contributed by atoms with E-state index in [9.17, 15) is 9.59 Å². The molecule has 0 unspecified atom stereocenters. The fourth-order valence-electron chi connectivity index (χ4n) is 2.65. The Balaban J connectivity index is 1.76. The summed E-state index contributed by atoms with van der Waals surface area (Å²) in [5.41, 5.74) is 2.22. The molecule has 1 heterocycles. The van der Waals surface area contributed by atoms with E-state index in [1.165, 1.54) is 17.0 Å². The van der Waals surface area contributed by atoms with Gasteiger partial charge in [0.2, 0.25) is 0 Å². The molecule has 2 aromatic carbocycles. The SMILES string of the molecule is CCN1C(=O)/C(=C/c2ccccc2OCc2ccc(C(=O)O)cc2)NC1=S. The molecule has 0 radical (unpaired) electrons. The Morgan fingerprint density at radius 3 is 2.56 bits per heavy atom. The van der Waals surface area contributed by atoms with E-state index in [0.717, 1.165) is 11.1 Å². The third-order valence-electron chi connectivity index (χ3n) is 4.09. The third kappa shape index (κ3) is 4.15. The fraction of sp³-hybridized carbons (Fsp3) is 0.150. The molecule has 1 amide bonds. The van der Waals surface area contributed by atoms with Crippen molar-refractivity contribution in [3.8, 4) is 5.75 Å². The van der Waals surface area contributed by atoms with E-state index in [4.69, 9.17) is 22.1 Å². The summed E-state index contributed by atoms with van der Waals surface area (Å²) in [6, 6.07) is 13.9. The molecule has 6 nitrogen and oxygen atoms in total. The molecule has 7 heteroatoms. The van der Waals surface area contributed by atoms with Crippen molar-refractivity contribution in [2.24, 2.45) is 0 Å². The molecule has 138 valence electrons. The summed E-state index contributed by atoms with van der Waals surface area (Å²) in [7, 11) is 0. The number of carboxylic acid groups (broad SMARTS) is 1. The van der Waals surface area contributed by atoms with Gasteiger partial charge < -0.3 is 15.2 Å². The van der Waals surface area contributed by atoms with E-state index in [1.54, 1.807) is 18.2 Å². The zero-order chi connectivity index (χ0) is 19.4. The first kappa shape index (κ1) is 18.6. The highest BCUT2D eigenvalue weighted by molar-refractivity contribution is 7.80. The number of amides is 1. The lowest BCUT2D eigenvalue weighted by Crippen LogP contribution is -2.30. The van der Waals surface area contributed by atoms with Gasteiger partial charge in [0.05, 0.1) is 5.56 Å². The highest BCUT2D eigenvalue weighted by atomic mass is 32.1. The Labute approximate surface area is 162 Å². The second kappa shape index (κ2) is 8.01. The minimum atomic E-state index is -0.966. The van der Waals surface area contributed by atoms with E-state index < -0.39 is 5.97 Å². The summed E-state index contributed by atoms with van der Waals surface area (Å²) in [5.74, 6) is -0.517. The van der Waals surface area contributed by atoms with Crippen LogP contribution in [-0.2, 0) is 11.4 Å². The fourth-order valence-corrected chi connectivity index (χ4v) is 2.97. The maximum Gasteiger partial charge on any atom is 0.335 e. The first-order valence-corrected chi connectivity index (χ1v) is 8.79. The Kier molecular flexibility index (Phi) is 5.52. The molecule has 1 aliphatic rings. The molecule has 3 rings (SSSR count). The highest BCUT2D eigenvalue weighted by Gasteiger charge is 2.29. The second-order valence-electron chi connectivity index (χ2n) is 5.87. The van der Waals surface area contributed by atoms with Gasteiger partial charge in [0.1, 0.15) is 18.1 Å². The molecule has 27 heavy (non-hydrogen) atoms. The van der Waals surface area contributed by atoms with E-state index in [1.807, 2.05) is 31.2 Å². The summed E-state index contributed by atoms with van der Waals surface area (Å²) >= 11 is 5.17. The van der Waals surface area contributed by atoms with Crippen LogP contribution >= 0.6 is 12.2 Å². The summed E-state index contributed by atoms with van der Waals surface area (Å²) in [6.07, 6.45) is 1.72. The summed E-state index contributed by atoms with van der Waals surface area (Å²) in [6.45, 7) is 2.65. The van der Waals surface area contributed by atoms with Crippen LogP contribution in [0.1, 0.15) is 28.4 Å². The van der Waals surface area contributed by atoms with Gasteiger partial charge in [0.25, 0.3) is 5.91 Å². The standard InChI is InChI=1S/C20H18N2O4S/c1-2-22-18(23)16(21-20(22)27)11-15-5-3-4-6-17(15)26-12-13-7-9-14(10-8-13)19(24)25/h3-11H,2,12H2,1H3,(H,21,27)(H,24,25)/b16-11-. The zero-order valence-electron chi connectivity index (χ0n) is 14.6. The molecular formula is C20H18N2O4S. The highest BCUT2D eigenvalue weighted by Crippen LogP contribution is 2.23. The Bertz CT molecular complexity index is 922. The van der Waals surface area contributed by atoms with Crippen LogP contribution in [0.2, 0.25) is 0 Å². The van der Waals surface area contributed by atoms with E-state index in [2.05, 4.69) is 5.32 Å². The summed E-state index contributed by atoms with van der Waals surface area (Å²) < 4.78 is 5.87. The number of ether oxygens (including phenoxy) is 1. The van der Waals surface area contributed by atoms with Crippen molar-refractivity contribution >= 4 is 35.3 Å². The number of hydrogen-bond donors (Lipinski definition) is 2. The van der Waals surface area contributed by atoms with Crippen LogP contribution in [0.3, 0.4) is 0 Å². The summed E-state index contributed by atoms with van der Waals surface area (Å²) in [5, 5.41) is 12.3. The van der Waals surface area contributed by atoms with Gasteiger partial charge in [-0.15, -0.1) is 0 Å². The van der Waals surface area contributed by atoms with Crippen LogP contribution in [0.4, 0.5) is 0 Å². The number of carboxylic acids is 1. The molecule has 1 aliphatic heterocycles. The lowest BCUT2D eigenvalue weighted by molar-refractivity contribution is -0.122. The first-order chi connectivity index (χ1) is 13.0. The number of hydrogen-bond acceptors (Lipinski definition) is 4. The molecule has 0 aromatic heterocycles. The quantitative estimate of drug-likeness (QED) is 0.591. The second-order valence-corrected chi connectivity index (χ2v) is 6.25. The van der Waals surface area contributed by atoms with Gasteiger partial charge in [-0.3, -0.25) is 9.69 Å². The first-order valence-electron chi connectivity index (χ1n) is 8.38. The number of benzene rings is 2. The van der Waals surface area contributed by atoms with Crippen LogP contribution < -0.4 is 10.1 Å². The number of aromatic carboxylic acids is 1. The number of para-hydroxylation sites is 1. The number of nitrogens with one attached hydrogen (secondary N) is 1. The maximum atomic E-state index is 12.3. The van der Waals surface area contributed by atoms with Gasteiger partial charge in [-0.1, -0.05) is 30.3 Å². The number of carbonyl (C=O) groups excluding carboxylic acids is 1. The predicted molar refractivity (Wildman–Crippen MR) is 105 cm³/mol. The van der Waals surface area contributed by atoms with Crippen LogP contribution in [0.5, 0.6) is 5.75 Å². The van der Waals surface area contributed by atoms with Crippen molar-refractivity contribution in [3.05, 3.63) is 70.9 Å². The molecule has 0 bridgehead atoms. The van der Waals surface area contributed by atoms with Crippen LogP contribution in [0.15, 0.2) is 54.2 Å². The lowest BCUT2D eigenvalue weighted by Gasteiger charge is -2.10. The average Bonchev–Trinajstić information content (AvgIpc) is 2.94. The van der Waals surface area contributed by atoms with Crippen LogP contribution in [0, 0.1) is 0 Å². The monoisotopic (exact) mass is 382 g/mol. The van der Waals surface area contributed by atoms with Crippen molar-refractivity contribution in [3.63, 3.8) is 0 Å². The number of rotatable bonds is 6. The Morgan fingerprint density at radius 2 is 1.93 bits per heavy atom. The van der Waals surface area contributed by atoms with Gasteiger partial charge in [0, 0.05) is 12.1 Å². The third-order valence-corrected chi connectivity index (χ3v) is 4.42. The van der Waals surface area contributed by atoms with Gasteiger partial charge in [-0.05, 0) is 49.0 Å². The molecule has 0 saturated carbocycles. The van der Waals surface area contributed by atoms with Crippen molar-refractivity contribution in [1.29, 1.82) is 0 Å². The van der Waals surface area contributed by atoms with E-state index in [0.29, 0.717) is 23.1 Å². The lowest BCUT2D eigenvalue weighted by atomic mass is 10.1. The molecular weight excluding hydrogens is 364 g/mol. The molecule has 2 aromatic rings. The number of carbonyl (C=O) groups is 2. The van der Waals surface area contributed by atoms with Crippen molar-refractivity contribution in [1.82, 2.24) is 10.2 Å². The van der Waals surface area contributed by atoms with Crippen LogP contribution in [-0.4, -0.2) is 33.5 Å². The minimum absolute atomic E-state index is 0.165. The topological polar surface area (TPSA) is 78.9 Å². The van der Waals surface area contributed by atoms with Gasteiger partial charge in [-0.2, -0.15) is 0 Å². The minimum Gasteiger partial charge on any atom is -0.488 e. The van der Waals surface area contributed by atoms with Gasteiger partial charge >= 0.3 is 5.97 Å². The molecule has 0 aliphatic carbocycles. The Morgan fingerprint density at radius 1 is 1.22 bits per heavy atom. The van der Waals surface area contributed by atoms with Crippen molar-refractivity contribution < 1.29 is 19.4 Å². The van der Waals surface area contributed by atoms with Gasteiger partial charge in [0.15, 0.2) is 5.11 Å². The maximum absolute atomic E-state index is 12.3. The normalized spacial score (nSPS) is 15.1. The average molecular weight is 382 g/mol. The van der Waals surface area contributed by atoms with E-state index in [-0.39, 0.29) is 18.1 Å². The number of nitrogens with zero attached hydrogens (tertiary/aromatic N) is 1. The molecule has 1 fully saturated rings. The Hall–Kier alpha value is -3.19. The van der Waals surface area contributed by atoms with Crippen molar-refractivity contribution in [2.45, 2.75) is 13.5 Å². The predicted octanol–water partition coefficient (Wildman–Crippen LogP) is 3.04. The molecule has 0 atom stereocenters. The number of thiocarbonyl (C=S) groups is 1. The molecule has 1 saturated heterocycles. The van der Waals surface area contributed by atoms with Gasteiger partial charge in [-0.25, -0.2) is 4.79 Å². The van der Waals surface area contributed by atoms with Crippen LogP contribution in [0.25, 0.3) is 6.08 Å². The molecule has 2 N–H and O–H groups in total. The molecule has 0 spiro atoms. The smallest absolute Gasteiger partial charge is 0.335 e. The largest absolute Gasteiger partial charge is 0.488 e. The number of likely N-dealkylation sites (N-methyl/N-ethyl adjacent to an activating group) is 1. The summed E-state index contributed by atoms with van der Waals surface area (Å²) in [4.78, 5) is 24.8. The zero-order valence-corrected chi connectivity index (χ0v) is 15.5. The van der Waals surface area contributed by atoms with Crippen molar-refractivity contribution in [2.75, 3.05) is 6.54 Å². The van der Waals surface area contributed by atoms with E-state index >= 15 is 0 Å².